The van der Waals surface area contributed by atoms with Crippen LogP contribution in [0.1, 0.15) is 26.7 Å². The van der Waals surface area contributed by atoms with Gasteiger partial charge >= 0.3 is 0 Å². The summed E-state index contributed by atoms with van der Waals surface area (Å²) in [5.74, 6) is 2.95. The van der Waals surface area contributed by atoms with Crippen LogP contribution in [0.3, 0.4) is 0 Å². The van der Waals surface area contributed by atoms with Gasteiger partial charge in [-0.2, -0.15) is 0 Å². The summed E-state index contributed by atoms with van der Waals surface area (Å²) in [4.78, 5) is 4.27. The predicted molar refractivity (Wildman–Crippen MR) is 73.0 cm³/mol. The zero-order valence-electron chi connectivity index (χ0n) is 10.6. The minimum atomic E-state index is 0.577. The fourth-order valence-corrected chi connectivity index (χ4v) is 1.68. The number of pyridine rings is 1. The molecule has 1 aromatic rings. The summed E-state index contributed by atoms with van der Waals surface area (Å²) in [6, 6.07) is 3.81. The molecule has 0 aliphatic carbocycles. The number of hydrogen-bond donors (Lipinski definition) is 1. The van der Waals surface area contributed by atoms with Crippen LogP contribution in [-0.2, 0) is 0 Å². The number of halogens is 1. The predicted octanol–water partition coefficient (Wildman–Crippen LogP) is 3.55. The van der Waals surface area contributed by atoms with Crippen molar-refractivity contribution in [2.45, 2.75) is 26.7 Å². The molecule has 0 bridgehead atoms. The second kappa shape index (κ2) is 8.18. The van der Waals surface area contributed by atoms with Gasteiger partial charge in [0.05, 0.1) is 6.61 Å². The largest absolute Gasteiger partial charge is 0.490 e. The molecule has 1 aromatic heterocycles. The van der Waals surface area contributed by atoms with Crippen molar-refractivity contribution >= 4 is 17.4 Å². The molecule has 1 N–H and O–H groups in total. The van der Waals surface area contributed by atoms with E-state index in [0.717, 1.165) is 36.8 Å². The first-order chi connectivity index (χ1) is 8.27. The summed E-state index contributed by atoms with van der Waals surface area (Å²) in [6.45, 7) is 5.69. The molecule has 0 radical (unpaired) electrons. The highest BCUT2D eigenvalue weighted by atomic mass is 35.5. The van der Waals surface area contributed by atoms with Crippen LogP contribution in [0.5, 0.6) is 5.75 Å². The Kier molecular flexibility index (Phi) is 6.78. The fourth-order valence-electron chi connectivity index (χ4n) is 1.53. The normalized spacial score (nSPS) is 12.2. The van der Waals surface area contributed by atoms with E-state index >= 15 is 0 Å². The first-order valence-corrected chi connectivity index (χ1v) is 6.69. The van der Waals surface area contributed by atoms with Gasteiger partial charge in [-0.3, -0.25) is 0 Å². The quantitative estimate of drug-likeness (QED) is 0.571. The number of alkyl halides is 1. The van der Waals surface area contributed by atoms with Crippen LogP contribution in [0, 0.1) is 5.92 Å². The zero-order valence-corrected chi connectivity index (χ0v) is 11.3. The van der Waals surface area contributed by atoms with Crippen LogP contribution in [0.4, 0.5) is 5.82 Å². The van der Waals surface area contributed by atoms with Crippen molar-refractivity contribution in [1.29, 1.82) is 0 Å². The van der Waals surface area contributed by atoms with Gasteiger partial charge in [0.25, 0.3) is 0 Å². The highest BCUT2D eigenvalue weighted by Gasteiger charge is 2.03. The zero-order chi connectivity index (χ0) is 12.5. The van der Waals surface area contributed by atoms with Crippen molar-refractivity contribution in [3.05, 3.63) is 18.3 Å². The molecule has 0 aromatic carbocycles. The number of nitrogens with zero attached hydrogens (tertiary/aromatic N) is 1. The molecule has 1 atom stereocenters. The number of rotatable bonds is 8. The molecule has 96 valence electrons. The van der Waals surface area contributed by atoms with E-state index < -0.39 is 0 Å². The maximum atomic E-state index is 5.76. The van der Waals surface area contributed by atoms with E-state index in [1.54, 1.807) is 6.20 Å². The molecule has 0 spiro atoms. The molecule has 0 saturated heterocycles. The standard InChI is InChI=1S/C13H21ClN2O/c1-3-17-12-7-5-9-16-13(12)15-8-4-6-11(2)10-14/h5,7,9,11H,3-4,6,8,10H2,1-2H3,(H,15,16). The number of aromatic nitrogens is 1. The highest BCUT2D eigenvalue weighted by molar-refractivity contribution is 6.18. The molecule has 3 nitrogen and oxygen atoms in total. The first kappa shape index (κ1) is 14.1. The average molecular weight is 257 g/mol. The van der Waals surface area contributed by atoms with E-state index in [1.165, 1.54) is 0 Å². The molecule has 1 rings (SSSR count). The molecule has 0 aliphatic heterocycles. The second-order valence-electron chi connectivity index (χ2n) is 4.11. The lowest BCUT2D eigenvalue weighted by molar-refractivity contribution is 0.340. The van der Waals surface area contributed by atoms with Gasteiger partial charge in [-0.25, -0.2) is 4.98 Å². The van der Waals surface area contributed by atoms with Gasteiger partial charge in [-0.15, -0.1) is 11.6 Å². The molecule has 0 aliphatic rings. The molecular formula is C13H21ClN2O. The lowest BCUT2D eigenvalue weighted by Crippen LogP contribution is -2.07. The second-order valence-corrected chi connectivity index (χ2v) is 4.42. The molecule has 0 fully saturated rings. The van der Waals surface area contributed by atoms with E-state index in [-0.39, 0.29) is 0 Å². The number of nitrogens with one attached hydrogen (secondary N) is 1. The van der Waals surface area contributed by atoms with Crippen molar-refractivity contribution in [1.82, 2.24) is 4.98 Å². The minimum Gasteiger partial charge on any atom is -0.490 e. The topological polar surface area (TPSA) is 34.1 Å². The van der Waals surface area contributed by atoms with E-state index in [0.29, 0.717) is 12.5 Å². The van der Waals surface area contributed by atoms with Gasteiger partial charge < -0.3 is 10.1 Å². The van der Waals surface area contributed by atoms with Gasteiger partial charge in [-0.1, -0.05) is 6.92 Å². The molecule has 17 heavy (non-hydrogen) atoms. The Hall–Kier alpha value is -0.960. The summed E-state index contributed by atoms with van der Waals surface area (Å²) >= 11 is 5.76. The van der Waals surface area contributed by atoms with Gasteiger partial charge in [0.15, 0.2) is 11.6 Å². The third kappa shape index (κ3) is 5.26. The number of ether oxygens (including phenoxy) is 1. The third-order valence-corrected chi connectivity index (χ3v) is 3.03. The van der Waals surface area contributed by atoms with E-state index in [4.69, 9.17) is 16.3 Å². The molecule has 4 heteroatoms. The maximum absolute atomic E-state index is 5.76. The van der Waals surface area contributed by atoms with Crippen molar-refractivity contribution in [2.75, 3.05) is 24.3 Å². The molecule has 1 unspecified atom stereocenters. The molecule has 1 heterocycles. The van der Waals surface area contributed by atoms with Crippen molar-refractivity contribution < 1.29 is 4.74 Å². The summed E-state index contributed by atoms with van der Waals surface area (Å²) in [5, 5.41) is 3.30. The maximum Gasteiger partial charge on any atom is 0.168 e. The fraction of sp³-hybridized carbons (Fsp3) is 0.615. The van der Waals surface area contributed by atoms with E-state index in [1.807, 2.05) is 19.1 Å². The molecular weight excluding hydrogens is 236 g/mol. The Labute approximate surface area is 109 Å². The van der Waals surface area contributed by atoms with E-state index in [9.17, 15) is 0 Å². The van der Waals surface area contributed by atoms with E-state index in [2.05, 4.69) is 17.2 Å². The van der Waals surface area contributed by atoms with Crippen LogP contribution in [0.15, 0.2) is 18.3 Å². The first-order valence-electron chi connectivity index (χ1n) is 6.15. The summed E-state index contributed by atoms with van der Waals surface area (Å²) in [5.41, 5.74) is 0. The SMILES string of the molecule is CCOc1cccnc1NCCCC(C)CCl. The Bertz CT molecular complexity index is 320. The van der Waals surface area contributed by atoms with Crippen LogP contribution < -0.4 is 10.1 Å². The molecule has 0 amide bonds. The summed E-state index contributed by atoms with van der Waals surface area (Å²) < 4.78 is 5.49. The lowest BCUT2D eigenvalue weighted by atomic mass is 10.1. The molecule has 0 saturated carbocycles. The highest BCUT2D eigenvalue weighted by Crippen LogP contribution is 2.20. The number of anilines is 1. The third-order valence-electron chi connectivity index (χ3n) is 2.50. The van der Waals surface area contributed by atoms with Crippen molar-refractivity contribution in [3.8, 4) is 5.75 Å². The van der Waals surface area contributed by atoms with Gasteiger partial charge in [0, 0.05) is 18.6 Å². The smallest absolute Gasteiger partial charge is 0.168 e. The van der Waals surface area contributed by atoms with Crippen molar-refractivity contribution in [3.63, 3.8) is 0 Å². The van der Waals surface area contributed by atoms with Gasteiger partial charge in [-0.05, 0) is 37.8 Å². The van der Waals surface area contributed by atoms with Gasteiger partial charge in [0.1, 0.15) is 0 Å². The Morgan fingerprint density at radius 1 is 1.53 bits per heavy atom. The van der Waals surface area contributed by atoms with Crippen LogP contribution in [0.2, 0.25) is 0 Å². The average Bonchev–Trinajstić information content (AvgIpc) is 2.36. The van der Waals surface area contributed by atoms with Crippen LogP contribution in [-0.4, -0.2) is 24.0 Å². The van der Waals surface area contributed by atoms with Gasteiger partial charge in [0.2, 0.25) is 0 Å². The monoisotopic (exact) mass is 256 g/mol. The lowest BCUT2D eigenvalue weighted by Gasteiger charge is -2.11. The minimum absolute atomic E-state index is 0.577. The van der Waals surface area contributed by atoms with Crippen molar-refractivity contribution in [2.24, 2.45) is 5.92 Å². The Morgan fingerprint density at radius 2 is 2.35 bits per heavy atom. The number of hydrogen-bond acceptors (Lipinski definition) is 3. The van der Waals surface area contributed by atoms with Crippen LogP contribution >= 0.6 is 11.6 Å². The Balaban J connectivity index is 2.35. The summed E-state index contributed by atoms with van der Waals surface area (Å²) in [7, 11) is 0. The Morgan fingerprint density at radius 3 is 3.06 bits per heavy atom. The summed E-state index contributed by atoms with van der Waals surface area (Å²) in [6.07, 6.45) is 4.00. The van der Waals surface area contributed by atoms with Crippen LogP contribution in [0.25, 0.3) is 0 Å².